The molecule has 1 aromatic heterocycles. The van der Waals surface area contributed by atoms with Crippen LogP contribution < -0.4 is 10.6 Å². The average Bonchev–Trinajstić information content (AvgIpc) is 2.63. The van der Waals surface area contributed by atoms with Gasteiger partial charge in [0.25, 0.3) is 0 Å². The molecule has 0 radical (unpaired) electrons. The molecule has 0 aromatic carbocycles. The van der Waals surface area contributed by atoms with Crippen molar-refractivity contribution in [3.05, 3.63) is 5.89 Å². The summed E-state index contributed by atoms with van der Waals surface area (Å²) in [5.74, 6) is 0.0464. The molecule has 0 fully saturated rings. The Balaban J connectivity index is 2.81. The molecule has 1 aromatic rings. The minimum Gasteiger partial charge on any atom is -0.406 e. The van der Waals surface area contributed by atoms with Crippen molar-refractivity contribution in [2.75, 3.05) is 24.6 Å². The zero-order chi connectivity index (χ0) is 13.1. The molecule has 17 heavy (non-hydrogen) atoms. The molecule has 0 saturated carbocycles. The van der Waals surface area contributed by atoms with Gasteiger partial charge in [-0.15, -0.1) is 5.10 Å². The number of nitrogens with zero attached hydrogens (tertiary/aromatic N) is 3. The van der Waals surface area contributed by atoms with Gasteiger partial charge >= 0.3 is 12.2 Å². The second-order valence-electron chi connectivity index (χ2n) is 3.47. The van der Waals surface area contributed by atoms with Crippen LogP contribution in [-0.2, 0) is 0 Å². The quantitative estimate of drug-likeness (QED) is 0.793. The Morgan fingerprint density at radius 3 is 2.53 bits per heavy atom. The Morgan fingerprint density at radius 1 is 1.47 bits per heavy atom. The summed E-state index contributed by atoms with van der Waals surface area (Å²) < 4.78 is 41.7. The number of rotatable bonds is 5. The van der Waals surface area contributed by atoms with Gasteiger partial charge in [0.2, 0.25) is 5.89 Å². The summed E-state index contributed by atoms with van der Waals surface area (Å²) in [7, 11) is 0. The van der Waals surface area contributed by atoms with Crippen LogP contribution in [-0.4, -0.2) is 41.2 Å². The fourth-order valence-corrected chi connectivity index (χ4v) is 1.12. The van der Waals surface area contributed by atoms with Crippen LogP contribution in [0, 0.1) is 0 Å². The molecule has 3 N–H and O–H groups in total. The lowest BCUT2D eigenvalue weighted by atomic mass is 10.4. The van der Waals surface area contributed by atoms with Crippen LogP contribution in [0.5, 0.6) is 0 Å². The van der Waals surface area contributed by atoms with Crippen molar-refractivity contribution in [1.82, 2.24) is 10.2 Å². The van der Waals surface area contributed by atoms with Crippen molar-refractivity contribution in [3.8, 4) is 0 Å². The van der Waals surface area contributed by atoms with Crippen molar-refractivity contribution in [2.24, 2.45) is 5.73 Å². The topological polar surface area (TPSA) is 88.4 Å². The van der Waals surface area contributed by atoms with Gasteiger partial charge in [0.1, 0.15) is 6.54 Å². The van der Waals surface area contributed by atoms with Gasteiger partial charge in [0, 0.05) is 6.54 Å². The molecule has 0 spiro atoms. The number of hydrogen-bond acceptors (Lipinski definition) is 6. The molecule has 0 saturated heterocycles. The summed E-state index contributed by atoms with van der Waals surface area (Å²) in [6.45, 7) is -0.405. The monoisotopic (exact) mass is 254 g/mol. The van der Waals surface area contributed by atoms with Crippen LogP contribution in [0.2, 0.25) is 0 Å². The molecule has 6 nitrogen and oxygen atoms in total. The Morgan fingerprint density at radius 2 is 2.12 bits per heavy atom. The molecule has 1 heterocycles. The summed E-state index contributed by atoms with van der Waals surface area (Å²) in [5.41, 5.74) is 5.44. The first-order valence-electron chi connectivity index (χ1n) is 4.85. The zero-order valence-electron chi connectivity index (χ0n) is 9.11. The molecular weight excluding hydrogens is 241 g/mol. The number of nitrogens with two attached hydrogens (primary N) is 1. The Bertz CT molecular complexity index is 353. The van der Waals surface area contributed by atoms with E-state index in [-0.39, 0.29) is 18.5 Å². The maximum absolute atomic E-state index is 12.2. The highest BCUT2D eigenvalue weighted by atomic mass is 19.4. The highest BCUT2D eigenvalue weighted by Crippen LogP contribution is 2.21. The first-order valence-corrected chi connectivity index (χ1v) is 4.85. The predicted octanol–water partition coefficient (Wildman–Crippen LogP) is 0.450. The summed E-state index contributed by atoms with van der Waals surface area (Å²) in [6, 6.07) is -0.859. The van der Waals surface area contributed by atoms with Crippen molar-refractivity contribution in [2.45, 2.75) is 19.1 Å². The van der Waals surface area contributed by atoms with E-state index in [0.717, 1.165) is 4.90 Å². The maximum Gasteiger partial charge on any atom is 0.406 e. The van der Waals surface area contributed by atoms with Crippen molar-refractivity contribution >= 4 is 6.01 Å². The first kappa shape index (κ1) is 13.7. The number of aromatic nitrogens is 2. The maximum atomic E-state index is 12.2. The number of aliphatic hydroxyl groups excluding tert-OH is 1. The third kappa shape index (κ3) is 4.19. The van der Waals surface area contributed by atoms with E-state index < -0.39 is 25.4 Å². The van der Waals surface area contributed by atoms with Crippen molar-refractivity contribution < 1.29 is 22.7 Å². The molecule has 1 rings (SSSR count). The highest BCUT2D eigenvalue weighted by Gasteiger charge is 2.32. The lowest BCUT2D eigenvalue weighted by Crippen LogP contribution is -2.36. The summed E-state index contributed by atoms with van der Waals surface area (Å²) in [5, 5.41) is 15.7. The molecule has 0 aliphatic carbocycles. The van der Waals surface area contributed by atoms with E-state index in [1.807, 2.05) is 0 Å². The van der Waals surface area contributed by atoms with Crippen LogP contribution in [0.25, 0.3) is 0 Å². The van der Waals surface area contributed by atoms with Crippen LogP contribution in [0.4, 0.5) is 19.2 Å². The predicted molar refractivity (Wildman–Crippen MR) is 52.3 cm³/mol. The van der Waals surface area contributed by atoms with Gasteiger partial charge in [-0.3, -0.25) is 0 Å². The van der Waals surface area contributed by atoms with E-state index in [4.69, 9.17) is 15.3 Å². The zero-order valence-corrected chi connectivity index (χ0v) is 9.11. The van der Waals surface area contributed by atoms with E-state index >= 15 is 0 Å². The summed E-state index contributed by atoms with van der Waals surface area (Å²) in [4.78, 5) is 0.749. The molecule has 0 amide bonds. The summed E-state index contributed by atoms with van der Waals surface area (Å²) in [6.07, 6.45) is -4.42. The minimum absolute atomic E-state index is 0.0464. The third-order valence-corrected chi connectivity index (χ3v) is 1.83. The lowest BCUT2D eigenvalue weighted by Gasteiger charge is -2.20. The molecule has 1 atom stereocenters. The van der Waals surface area contributed by atoms with Gasteiger partial charge in [-0.1, -0.05) is 5.10 Å². The Kier molecular flexibility index (Phi) is 4.29. The number of aliphatic hydroxyl groups is 1. The van der Waals surface area contributed by atoms with E-state index in [9.17, 15) is 13.2 Å². The van der Waals surface area contributed by atoms with Crippen LogP contribution >= 0.6 is 0 Å². The minimum atomic E-state index is -4.42. The smallest absolute Gasteiger partial charge is 0.406 e. The van der Waals surface area contributed by atoms with Crippen LogP contribution in [0.3, 0.4) is 0 Å². The molecule has 0 aliphatic heterocycles. The second-order valence-corrected chi connectivity index (χ2v) is 3.47. The Labute approximate surface area is 95.2 Å². The fraction of sp³-hybridized carbons (Fsp3) is 0.750. The van der Waals surface area contributed by atoms with Gasteiger partial charge in [0.15, 0.2) is 0 Å². The van der Waals surface area contributed by atoms with E-state index in [1.54, 1.807) is 6.92 Å². The average molecular weight is 254 g/mol. The third-order valence-electron chi connectivity index (χ3n) is 1.83. The van der Waals surface area contributed by atoms with Gasteiger partial charge in [-0.25, -0.2) is 0 Å². The van der Waals surface area contributed by atoms with Crippen molar-refractivity contribution in [3.63, 3.8) is 0 Å². The van der Waals surface area contributed by atoms with Gasteiger partial charge in [-0.2, -0.15) is 13.2 Å². The number of halogens is 3. The van der Waals surface area contributed by atoms with Gasteiger partial charge in [-0.05, 0) is 6.92 Å². The number of anilines is 1. The van der Waals surface area contributed by atoms with Crippen LogP contribution in [0.15, 0.2) is 4.42 Å². The van der Waals surface area contributed by atoms with Gasteiger partial charge in [0.05, 0.1) is 12.6 Å². The molecule has 1 unspecified atom stereocenters. The Hall–Kier alpha value is -1.35. The van der Waals surface area contributed by atoms with Gasteiger partial charge < -0.3 is 20.2 Å². The SMILES string of the molecule is CC(N)c1nnc(N(CCO)CC(F)(F)F)o1. The highest BCUT2D eigenvalue weighted by molar-refractivity contribution is 5.24. The summed E-state index contributed by atoms with van der Waals surface area (Å²) >= 11 is 0. The fourth-order valence-electron chi connectivity index (χ4n) is 1.12. The molecular formula is C8H13F3N4O2. The second kappa shape index (κ2) is 5.32. The molecule has 0 bridgehead atoms. The van der Waals surface area contributed by atoms with E-state index in [1.165, 1.54) is 0 Å². The van der Waals surface area contributed by atoms with Crippen LogP contribution in [0.1, 0.15) is 18.9 Å². The molecule has 9 heteroatoms. The molecule has 0 aliphatic rings. The van der Waals surface area contributed by atoms with E-state index in [2.05, 4.69) is 10.2 Å². The largest absolute Gasteiger partial charge is 0.406 e. The number of alkyl halides is 3. The lowest BCUT2D eigenvalue weighted by molar-refractivity contribution is -0.120. The number of hydrogen-bond donors (Lipinski definition) is 2. The standard InChI is InChI=1S/C8H13F3N4O2/c1-5(12)6-13-14-7(17-6)15(2-3-16)4-8(9,10)11/h5,16H,2-4,12H2,1H3. The normalized spacial score (nSPS) is 13.8. The van der Waals surface area contributed by atoms with E-state index in [0.29, 0.717) is 0 Å². The first-order chi connectivity index (χ1) is 7.83. The molecule has 98 valence electrons. The van der Waals surface area contributed by atoms with Crippen molar-refractivity contribution in [1.29, 1.82) is 0 Å².